The zero-order valence-corrected chi connectivity index (χ0v) is 8.43. The molecule has 4 nitrogen and oxygen atoms in total. The second-order valence-electron chi connectivity index (χ2n) is 3.31. The smallest absolute Gasteiger partial charge is 0.264 e. The van der Waals surface area contributed by atoms with Crippen LogP contribution in [-0.2, 0) is 0 Å². The average molecular weight is 236 g/mol. The van der Waals surface area contributed by atoms with Crippen molar-refractivity contribution in [2.24, 2.45) is 0 Å². The van der Waals surface area contributed by atoms with Gasteiger partial charge in [0.2, 0.25) is 0 Å². The van der Waals surface area contributed by atoms with Gasteiger partial charge in [-0.2, -0.15) is 0 Å². The van der Waals surface area contributed by atoms with Gasteiger partial charge in [0.25, 0.3) is 5.69 Å². The summed E-state index contributed by atoms with van der Waals surface area (Å²) in [5, 5.41) is 10.8. The van der Waals surface area contributed by atoms with E-state index < -0.39 is 16.6 Å². The molecule has 0 atom stereocenters. The van der Waals surface area contributed by atoms with Crippen LogP contribution in [0, 0.1) is 21.7 Å². The van der Waals surface area contributed by atoms with Gasteiger partial charge >= 0.3 is 0 Å². The maximum Gasteiger partial charge on any atom is 0.280 e. The first kappa shape index (κ1) is 11.1. The second kappa shape index (κ2) is 4.25. The molecule has 1 aromatic carbocycles. The lowest BCUT2D eigenvalue weighted by Gasteiger charge is -2.02. The van der Waals surface area contributed by atoms with E-state index in [1.54, 1.807) is 0 Å². The Morgan fingerprint density at radius 2 is 1.82 bits per heavy atom. The van der Waals surface area contributed by atoms with Crippen molar-refractivity contribution in [2.75, 3.05) is 0 Å². The minimum atomic E-state index is -0.793. The number of halogens is 2. The first-order valence-electron chi connectivity index (χ1n) is 4.63. The molecule has 0 radical (unpaired) electrons. The van der Waals surface area contributed by atoms with Crippen LogP contribution in [0.2, 0.25) is 0 Å². The molecule has 0 saturated heterocycles. The Balaban J connectivity index is 2.64. The predicted molar refractivity (Wildman–Crippen MR) is 56.2 cm³/mol. The number of rotatable bonds is 2. The topological polar surface area (TPSA) is 56.0 Å². The molecule has 0 aliphatic heterocycles. The van der Waals surface area contributed by atoms with E-state index in [0.717, 1.165) is 12.1 Å². The first-order valence-corrected chi connectivity index (χ1v) is 4.63. The summed E-state index contributed by atoms with van der Waals surface area (Å²) in [5.41, 5.74) is -0.0804. The minimum Gasteiger partial charge on any atom is -0.264 e. The highest BCUT2D eigenvalue weighted by Crippen LogP contribution is 2.29. The third kappa shape index (κ3) is 2.25. The van der Waals surface area contributed by atoms with Gasteiger partial charge in [0.15, 0.2) is 0 Å². The van der Waals surface area contributed by atoms with Crippen molar-refractivity contribution in [3.63, 3.8) is 0 Å². The lowest BCUT2D eigenvalue weighted by molar-refractivity contribution is -0.384. The summed E-state index contributed by atoms with van der Waals surface area (Å²) in [6.07, 6.45) is 2.45. The molecule has 86 valence electrons. The Morgan fingerprint density at radius 1 is 1.18 bits per heavy atom. The maximum absolute atomic E-state index is 13.0. The zero-order chi connectivity index (χ0) is 12.4. The monoisotopic (exact) mass is 236 g/mol. The van der Waals surface area contributed by atoms with Gasteiger partial charge in [-0.25, -0.2) is 8.78 Å². The molecule has 0 bridgehead atoms. The van der Waals surface area contributed by atoms with E-state index in [2.05, 4.69) is 4.98 Å². The van der Waals surface area contributed by atoms with Gasteiger partial charge in [-0.3, -0.25) is 15.1 Å². The van der Waals surface area contributed by atoms with E-state index in [4.69, 9.17) is 0 Å². The minimum absolute atomic E-state index is 0.0795. The summed E-state index contributed by atoms with van der Waals surface area (Å²) in [6, 6.07) is 3.92. The van der Waals surface area contributed by atoms with E-state index in [-0.39, 0.29) is 16.8 Å². The summed E-state index contributed by atoms with van der Waals surface area (Å²) in [5.74, 6) is -1.59. The van der Waals surface area contributed by atoms with Crippen molar-refractivity contribution in [2.45, 2.75) is 0 Å². The highest BCUT2D eigenvalue weighted by atomic mass is 19.1. The van der Waals surface area contributed by atoms with Gasteiger partial charge in [0.05, 0.1) is 10.5 Å². The summed E-state index contributed by atoms with van der Waals surface area (Å²) >= 11 is 0. The van der Waals surface area contributed by atoms with E-state index >= 15 is 0 Å². The van der Waals surface area contributed by atoms with E-state index in [1.165, 1.54) is 18.5 Å². The summed E-state index contributed by atoms with van der Waals surface area (Å²) in [6.45, 7) is 0. The average Bonchev–Trinajstić information content (AvgIpc) is 2.27. The van der Waals surface area contributed by atoms with Crippen molar-refractivity contribution < 1.29 is 13.7 Å². The van der Waals surface area contributed by atoms with Crippen LogP contribution in [0.25, 0.3) is 11.1 Å². The fourth-order valence-corrected chi connectivity index (χ4v) is 1.48. The maximum atomic E-state index is 13.0. The van der Waals surface area contributed by atoms with Crippen LogP contribution in [0.1, 0.15) is 0 Å². The van der Waals surface area contributed by atoms with Crippen molar-refractivity contribution in [1.82, 2.24) is 4.98 Å². The molecule has 6 heteroatoms. The fourth-order valence-electron chi connectivity index (χ4n) is 1.48. The summed E-state index contributed by atoms with van der Waals surface area (Å²) in [7, 11) is 0. The van der Waals surface area contributed by atoms with E-state index in [9.17, 15) is 18.9 Å². The number of nitrogens with zero attached hydrogens (tertiary/aromatic N) is 2. The molecular weight excluding hydrogens is 230 g/mol. The molecule has 0 amide bonds. The van der Waals surface area contributed by atoms with Crippen LogP contribution >= 0.6 is 0 Å². The van der Waals surface area contributed by atoms with Gasteiger partial charge in [0.1, 0.15) is 11.6 Å². The fraction of sp³-hybridized carbons (Fsp3) is 0. The van der Waals surface area contributed by atoms with Gasteiger partial charge in [-0.1, -0.05) is 0 Å². The van der Waals surface area contributed by atoms with Gasteiger partial charge in [-0.05, 0) is 17.7 Å². The van der Waals surface area contributed by atoms with E-state index in [1.807, 2.05) is 0 Å². The molecule has 0 aliphatic rings. The van der Waals surface area contributed by atoms with E-state index in [0.29, 0.717) is 6.07 Å². The molecule has 1 aromatic heterocycles. The van der Waals surface area contributed by atoms with Crippen LogP contribution in [0.4, 0.5) is 14.5 Å². The molecular formula is C11H6F2N2O2. The number of hydrogen-bond acceptors (Lipinski definition) is 3. The van der Waals surface area contributed by atoms with Crippen LogP contribution in [0.5, 0.6) is 0 Å². The third-order valence-electron chi connectivity index (χ3n) is 2.17. The summed E-state index contributed by atoms with van der Waals surface area (Å²) in [4.78, 5) is 13.8. The number of aromatic nitrogens is 1. The molecule has 0 spiro atoms. The molecule has 1 heterocycles. The molecule has 0 fully saturated rings. The highest BCUT2D eigenvalue weighted by Gasteiger charge is 2.16. The number of hydrogen-bond donors (Lipinski definition) is 0. The van der Waals surface area contributed by atoms with Crippen molar-refractivity contribution >= 4 is 5.69 Å². The van der Waals surface area contributed by atoms with Crippen LogP contribution < -0.4 is 0 Å². The zero-order valence-electron chi connectivity index (χ0n) is 8.43. The van der Waals surface area contributed by atoms with Crippen molar-refractivity contribution in [1.29, 1.82) is 0 Å². The molecule has 0 unspecified atom stereocenters. The van der Waals surface area contributed by atoms with Crippen molar-refractivity contribution in [3.05, 3.63) is 58.4 Å². The number of benzene rings is 1. The lowest BCUT2D eigenvalue weighted by atomic mass is 10.1. The SMILES string of the molecule is O=[N+]([O-])c1ccncc1-c1cc(F)cc(F)c1. The lowest BCUT2D eigenvalue weighted by Crippen LogP contribution is -1.93. The molecule has 0 N–H and O–H groups in total. The molecule has 0 aliphatic carbocycles. The Morgan fingerprint density at radius 3 is 2.41 bits per heavy atom. The molecule has 2 rings (SSSR count). The standard InChI is InChI=1S/C11H6F2N2O2/c12-8-3-7(4-9(13)5-8)10-6-14-2-1-11(10)15(16)17/h1-6H. The second-order valence-corrected chi connectivity index (χ2v) is 3.31. The Bertz CT molecular complexity index is 567. The van der Waals surface area contributed by atoms with Gasteiger partial charge in [0, 0.05) is 24.5 Å². The molecule has 0 saturated carbocycles. The van der Waals surface area contributed by atoms with Crippen LogP contribution in [0.3, 0.4) is 0 Å². The quantitative estimate of drug-likeness (QED) is 0.595. The first-order chi connectivity index (χ1) is 8.08. The Kier molecular flexibility index (Phi) is 2.78. The summed E-state index contributed by atoms with van der Waals surface area (Å²) < 4.78 is 26.0. The largest absolute Gasteiger partial charge is 0.280 e. The predicted octanol–water partition coefficient (Wildman–Crippen LogP) is 2.94. The number of pyridine rings is 1. The van der Waals surface area contributed by atoms with Crippen LogP contribution in [0.15, 0.2) is 36.7 Å². The van der Waals surface area contributed by atoms with Gasteiger partial charge in [-0.15, -0.1) is 0 Å². The molecule has 17 heavy (non-hydrogen) atoms. The number of nitro groups is 1. The molecule has 2 aromatic rings. The Hall–Kier alpha value is -2.37. The Labute approximate surface area is 94.7 Å². The highest BCUT2D eigenvalue weighted by molar-refractivity contribution is 5.72. The van der Waals surface area contributed by atoms with Gasteiger partial charge < -0.3 is 0 Å². The third-order valence-corrected chi connectivity index (χ3v) is 2.17. The van der Waals surface area contributed by atoms with Crippen molar-refractivity contribution in [3.8, 4) is 11.1 Å². The van der Waals surface area contributed by atoms with Crippen LogP contribution in [-0.4, -0.2) is 9.91 Å². The normalized spacial score (nSPS) is 10.2.